The molecule has 2 aliphatic heterocycles. The quantitative estimate of drug-likeness (QED) is 0.447. The van der Waals surface area contributed by atoms with Crippen molar-refractivity contribution in [2.24, 2.45) is 5.92 Å². The number of methoxy groups -OCH3 is 1. The van der Waals surface area contributed by atoms with E-state index in [0.717, 1.165) is 23.7 Å². The predicted molar refractivity (Wildman–Crippen MR) is 133 cm³/mol. The van der Waals surface area contributed by atoms with Crippen molar-refractivity contribution in [2.75, 3.05) is 20.3 Å². The van der Waals surface area contributed by atoms with E-state index in [4.69, 9.17) is 4.74 Å². The molecule has 3 aromatic rings. The Morgan fingerprint density at radius 1 is 1.08 bits per heavy atom. The fraction of sp³-hybridized carbons (Fsp3) is 0.423. The Balaban J connectivity index is 1.48. The summed E-state index contributed by atoms with van der Waals surface area (Å²) in [7, 11) is -2.55. The van der Waals surface area contributed by atoms with E-state index in [9.17, 15) is 17.6 Å². The van der Waals surface area contributed by atoms with Crippen LogP contribution in [0.1, 0.15) is 30.5 Å². The number of rotatable bonds is 8. The van der Waals surface area contributed by atoms with E-state index in [1.807, 2.05) is 30.3 Å². The molecule has 1 amide bonds. The number of carbonyl (C=O) groups is 1. The summed E-state index contributed by atoms with van der Waals surface area (Å²) in [5.74, 6) is -1.15. The number of sulfonamides is 1. The lowest BCUT2D eigenvalue weighted by Gasteiger charge is -2.40. The fourth-order valence-electron chi connectivity index (χ4n) is 5.49. The van der Waals surface area contributed by atoms with Gasteiger partial charge in [-0.2, -0.15) is 4.31 Å². The zero-order chi connectivity index (χ0) is 26.0. The highest BCUT2D eigenvalue weighted by Crippen LogP contribution is 2.37. The average molecular weight is 528 g/mol. The molecular formula is C26H30FN5O4S. The van der Waals surface area contributed by atoms with Gasteiger partial charge < -0.3 is 9.64 Å². The number of ether oxygens (including phenoxy) is 1. The largest absolute Gasteiger partial charge is 0.384 e. The number of benzene rings is 2. The second-order valence-electron chi connectivity index (χ2n) is 9.61. The van der Waals surface area contributed by atoms with Gasteiger partial charge in [0.2, 0.25) is 15.9 Å². The highest BCUT2D eigenvalue weighted by molar-refractivity contribution is 7.89. The third kappa shape index (κ3) is 5.16. The van der Waals surface area contributed by atoms with E-state index >= 15 is 0 Å². The Kier molecular flexibility index (Phi) is 7.36. The first-order chi connectivity index (χ1) is 17.9. The molecule has 2 aromatic carbocycles. The minimum Gasteiger partial charge on any atom is -0.384 e. The van der Waals surface area contributed by atoms with Crippen molar-refractivity contribution in [3.63, 3.8) is 0 Å². The Morgan fingerprint density at radius 3 is 2.65 bits per heavy atom. The minimum atomic E-state index is -4.13. The standard InChI is InChI=1S/C26H30FN5O4S/c1-36-18-20-16-30(17-22-14-28-29-31(22)15-19-7-3-2-4-8-19)26(33)25-12-6-11-24(20)32(25)37(34,35)23-10-5-9-21(27)13-23/h2-5,7-10,13-14,20,24-25H,6,11-12,15-18H2,1H3/t20-,24+,25?/m1/s1. The van der Waals surface area contributed by atoms with Gasteiger partial charge in [0.05, 0.1) is 36.5 Å². The maximum Gasteiger partial charge on any atom is 0.244 e. The van der Waals surface area contributed by atoms with E-state index in [2.05, 4.69) is 10.3 Å². The molecule has 1 unspecified atom stereocenters. The smallest absolute Gasteiger partial charge is 0.244 e. The van der Waals surface area contributed by atoms with Crippen LogP contribution < -0.4 is 0 Å². The Hall–Kier alpha value is -3.15. The van der Waals surface area contributed by atoms with Crippen LogP contribution in [0.2, 0.25) is 0 Å². The van der Waals surface area contributed by atoms with Gasteiger partial charge in [-0.15, -0.1) is 5.10 Å². The monoisotopic (exact) mass is 527 g/mol. The molecular weight excluding hydrogens is 497 g/mol. The lowest BCUT2D eigenvalue weighted by Crippen LogP contribution is -2.55. The van der Waals surface area contributed by atoms with Gasteiger partial charge in [0, 0.05) is 25.6 Å². The number of hydrogen-bond acceptors (Lipinski definition) is 6. The van der Waals surface area contributed by atoms with Crippen molar-refractivity contribution < 1.29 is 22.3 Å². The number of hydrogen-bond donors (Lipinski definition) is 0. The molecule has 37 heavy (non-hydrogen) atoms. The van der Waals surface area contributed by atoms with Crippen molar-refractivity contribution >= 4 is 15.9 Å². The summed E-state index contributed by atoms with van der Waals surface area (Å²) in [5, 5.41) is 8.28. The van der Waals surface area contributed by atoms with Crippen LogP contribution >= 0.6 is 0 Å². The third-order valence-electron chi connectivity index (χ3n) is 7.19. The van der Waals surface area contributed by atoms with Gasteiger partial charge in [-0.3, -0.25) is 4.79 Å². The van der Waals surface area contributed by atoms with Gasteiger partial charge in [-0.25, -0.2) is 17.5 Å². The summed E-state index contributed by atoms with van der Waals surface area (Å²) in [5.41, 5.74) is 1.81. The number of nitrogens with zero attached hydrogens (tertiary/aromatic N) is 5. The molecule has 2 bridgehead atoms. The number of halogens is 1. The zero-order valence-electron chi connectivity index (χ0n) is 20.6. The number of carbonyl (C=O) groups excluding carboxylic acids is 1. The Labute approximate surface area is 215 Å². The molecule has 2 aliphatic rings. The molecule has 196 valence electrons. The predicted octanol–water partition coefficient (Wildman–Crippen LogP) is 2.68. The Morgan fingerprint density at radius 2 is 1.89 bits per heavy atom. The van der Waals surface area contributed by atoms with Gasteiger partial charge in [0.1, 0.15) is 11.9 Å². The van der Waals surface area contributed by atoms with Crippen molar-refractivity contribution in [3.8, 4) is 0 Å². The van der Waals surface area contributed by atoms with Crippen LogP contribution in [0.3, 0.4) is 0 Å². The fourth-order valence-corrected chi connectivity index (χ4v) is 7.41. The minimum absolute atomic E-state index is 0.146. The third-order valence-corrected chi connectivity index (χ3v) is 9.12. The highest BCUT2D eigenvalue weighted by Gasteiger charge is 2.50. The summed E-state index contributed by atoms with van der Waals surface area (Å²) >= 11 is 0. The van der Waals surface area contributed by atoms with Crippen LogP contribution in [0.4, 0.5) is 4.39 Å². The molecule has 9 nitrogen and oxygen atoms in total. The maximum atomic E-state index is 14.0. The number of piperidine rings is 1. The Bertz CT molecular complexity index is 1350. The first-order valence-corrected chi connectivity index (χ1v) is 13.8. The second-order valence-corrected chi connectivity index (χ2v) is 11.5. The molecule has 0 spiro atoms. The average Bonchev–Trinajstić information content (AvgIpc) is 3.31. The molecule has 0 N–H and O–H groups in total. The van der Waals surface area contributed by atoms with Gasteiger partial charge in [0.15, 0.2) is 0 Å². The number of fused-ring (bicyclic) bond motifs is 2. The van der Waals surface area contributed by atoms with Crippen molar-refractivity contribution in [1.82, 2.24) is 24.2 Å². The normalized spacial score (nSPS) is 22.7. The molecule has 0 saturated carbocycles. The molecule has 3 atom stereocenters. The molecule has 3 heterocycles. The first kappa shape index (κ1) is 25.5. The topological polar surface area (TPSA) is 97.6 Å². The van der Waals surface area contributed by atoms with Crippen LogP contribution in [0.25, 0.3) is 0 Å². The summed E-state index contributed by atoms with van der Waals surface area (Å²) in [6.07, 6.45) is 3.37. The lowest BCUT2D eigenvalue weighted by atomic mass is 9.91. The summed E-state index contributed by atoms with van der Waals surface area (Å²) in [6.45, 7) is 1.37. The molecule has 0 radical (unpaired) electrons. The zero-order valence-corrected chi connectivity index (χ0v) is 21.4. The van der Waals surface area contributed by atoms with Crippen LogP contribution in [-0.2, 0) is 32.6 Å². The number of amides is 1. The summed E-state index contributed by atoms with van der Waals surface area (Å²) < 4.78 is 50.2. The van der Waals surface area contributed by atoms with Crippen molar-refractivity contribution in [3.05, 3.63) is 77.9 Å². The summed E-state index contributed by atoms with van der Waals surface area (Å²) in [6, 6.07) is 13.5. The van der Waals surface area contributed by atoms with E-state index in [-0.39, 0.29) is 29.9 Å². The van der Waals surface area contributed by atoms with Crippen molar-refractivity contribution in [2.45, 2.75) is 49.3 Å². The van der Waals surface area contributed by atoms with Crippen LogP contribution in [0, 0.1) is 11.7 Å². The lowest BCUT2D eigenvalue weighted by molar-refractivity contribution is -0.135. The highest BCUT2D eigenvalue weighted by atomic mass is 32.2. The van der Waals surface area contributed by atoms with Gasteiger partial charge >= 0.3 is 0 Å². The van der Waals surface area contributed by atoms with E-state index < -0.39 is 27.9 Å². The molecule has 2 fully saturated rings. The number of aromatic nitrogens is 3. The molecule has 0 aliphatic carbocycles. The molecule has 5 rings (SSSR count). The maximum absolute atomic E-state index is 14.0. The van der Waals surface area contributed by atoms with Crippen LogP contribution in [0.5, 0.6) is 0 Å². The molecule has 1 aromatic heterocycles. The van der Waals surface area contributed by atoms with Crippen LogP contribution in [-0.4, -0.2) is 70.9 Å². The van der Waals surface area contributed by atoms with E-state index in [1.54, 1.807) is 22.9 Å². The van der Waals surface area contributed by atoms with Gasteiger partial charge in [0.25, 0.3) is 0 Å². The summed E-state index contributed by atoms with van der Waals surface area (Å²) in [4.78, 5) is 15.5. The van der Waals surface area contributed by atoms with Crippen molar-refractivity contribution in [1.29, 1.82) is 0 Å². The first-order valence-electron chi connectivity index (χ1n) is 12.4. The second kappa shape index (κ2) is 10.7. The SMILES string of the molecule is COC[C@H]1CN(Cc2cnnn2Cc2ccccc2)C(=O)C2CCC[C@@H]1N2S(=O)(=O)c1cccc(F)c1. The molecule has 2 saturated heterocycles. The van der Waals surface area contributed by atoms with E-state index in [1.165, 1.54) is 22.5 Å². The van der Waals surface area contributed by atoms with Gasteiger partial charge in [-0.1, -0.05) is 41.6 Å². The van der Waals surface area contributed by atoms with E-state index in [0.29, 0.717) is 25.9 Å². The van der Waals surface area contributed by atoms with Crippen LogP contribution in [0.15, 0.2) is 65.7 Å². The van der Waals surface area contributed by atoms with Gasteiger partial charge in [-0.05, 0) is 43.0 Å². The molecule has 11 heteroatoms.